The summed E-state index contributed by atoms with van der Waals surface area (Å²) in [5, 5.41) is 12.9. The van der Waals surface area contributed by atoms with Gasteiger partial charge < -0.3 is 5.11 Å². The maximum Gasteiger partial charge on any atom is 0.170 e. The van der Waals surface area contributed by atoms with Crippen molar-refractivity contribution in [2.24, 2.45) is 5.92 Å². The highest BCUT2D eigenvalue weighted by Gasteiger charge is 2.46. The molecular weight excluding hydrogens is 417 g/mol. The van der Waals surface area contributed by atoms with Crippen LogP contribution in [0.3, 0.4) is 0 Å². The predicted octanol–water partition coefficient (Wildman–Crippen LogP) is 5.59. The van der Waals surface area contributed by atoms with E-state index in [1.165, 1.54) is 5.56 Å². The van der Waals surface area contributed by atoms with Gasteiger partial charge in [0.25, 0.3) is 0 Å². The third kappa shape index (κ3) is 4.45. The number of benzene rings is 3. The lowest BCUT2D eigenvalue weighted by molar-refractivity contribution is -0.0658. The number of hydrogen-bond acceptors (Lipinski definition) is 3. The molecule has 4 rings (SSSR count). The van der Waals surface area contributed by atoms with Crippen LogP contribution in [0.4, 0.5) is 0 Å². The summed E-state index contributed by atoms with van der Waals surface area (Å²) in [6.45, 7) is 1.90. The van der Waals surface area contributed by atoms with Crippen molar-refractivity contribution in [3.05, 3.63) is 106 Å². The highest BCUT2D eigenvalue weighted by Crippen LogP contribution is 2.40. The molecule has 1 N–H and O–H groups in total. The first kappa shape index (κ1) is 21.1. The van der Waals surface area contributed by atoms with Gasteiger partial charge in [0.15, 0.2) is 5.78 Å². The quantitative estimate of drug-likeness (QED) is 0.526. The van der Waals surface area contributed by atoms with Gasteiger partial charge in [0.05, 0.1) is 5.92 Å². The van der Waals surface area contributed by atoms with Crippen molar-refractivity contribution in [1.29, 1.82) is 0 Å². The Balaban J connectivity index is 1.66. The summed E-state index contributed by atoms with van der Waals surface area (Å²) >= 11 is 12.1. The molecule has 3 aromatic rings. The van der Waals surface area contributed by atoms with Gasteiger partial charge >= 0.3 is 0 Å². The van der Waals surface area contributed by atoms with Crippen LogP contribution < -0.4 is 0 Å². The second kappa shape index (κ2) is 8.91. The van der Waals surface area contributed by atoms with Gasteiger partial charge in [-0.2, -0.15) is 0 Å². The minimum Gasteiger partial charge on any atom is -0.384 e. The Morgan fingerprint density at radius 1 is 0.933 bits per heavy atom. The van der Waals surface area contributed by atoms with E-state index in [1.807, 2.05) is 30.3 Å². The van der Waals surface area contributed by atoms with E-state index in [1.54, 1.807) is 36.4 Å². The molecule has 0 aromatic heterocycles. The Labute approximate surface area is 186 Å². The molecule has 30 heavy (non-hydrogen) atoms. The molecule has 2 atom stereocenters. The second-order valence-corrected chi connectivity index (χ2v) is 8.70. The fourth-order valence-corrected chi connectivity index (χ4v) is 4.44. The standard InChI is InChI=1S/C25H23Cl2NO2/c26-21-10-6-19(7-11-21)24(29)23-17-28(16-18-4-2-1-3-5-18)15-14-25(23,30)20-8-12-22(27)13-9-20/h1-13,23,30H,14-17H2/t23-,25+/m1/s1. The first-order chi connectivity index (χ1) is 14.5. The SMILES string of the molecule is O=C(c1ccc(Cl)cc1)[C@H]1CN(Cc2ccccc2)CC[C@]1(O)c1ccc(Cl)cc1. The number of hydrogen-bond donors (Lipinski definition) is 1. The van der Waals surface area contributed by atoms with E-state index in [2.05, 4.69) is 17.0 Å². The van der Waals surface area contributed by atoms with Crippen molar-refractivity contribution >= 4 is 29.0 Å². The summed E-state index contributed by atoms with van der Waals surface area (Å²) in [5.74, 6) is -0.681. The van der Waals surface area contributed by atoms with Crippen LogP contribution in [0.2, 0.25) is 10.0 Å². The molecule has 1 heterocycles. The summed E-state index contributed by atoms with van der Waals surface area (Å²) in [4.78, 5) is 15.7. The summed E-state index contributed by atoms with van der Waals surface area (Å²) in [6.07, 6.45) is 0.464. The molecule has 0 unspecified atom stereocenters. The van der Waals surface area contributed by atoms with E-state index in [4.69, 9.17) is 23.2 Å². The number of likely N-dealkylation sites (tertiary alicyclic amines) is 1. The van der Waals surface area contributed by atoms with Gasteiger partial charge in [0.2, 0.25) is 0 Å². The lowest BCUT2D eigenvalue weighted by Gasteiger charge is -2.44. The predicted molar refractivity (Wildman–Crippen MR) is 121 cm³/mol. The number of nitrogens with zero attached hydrogens (tertiary/aromatic N) is 1. The zero-order chi connectivity index (χ0) is 21.1. The average molecular weight is 440 g/mol. The first-order valence-electron chi connectivity index (χ1n) is 10.0. The normalized spacial score (nSPS) is 22.0. The second-order valence-electron chi connectivity index (χ2n) is 7.83. The van der Waals surface area contributed by atoms with Crippen molar-refractivity contribution in [1.82, 2.24) is 4.90 Å². The lowest BCUT2D eigenvalue weighted by atomic mass is 9.72. The van der Waals surface area contributed by atoms with Crippen LogP contribution in [-0.4, -0.2) is 28.9 Å². The number of piperidine rings is 1. The molecule has 1 saturated heterocycles. The summed E-state index contributed by atoms with van der Waals surface area (Å²) in [5.41, 5.74) is 1.21. The monoisotopic (exact) mass is 439 g/mol. The van der Waals surface area contributed by atoms with Crippen LogP contribution >= 0.6 is 23.2 Å². The molecule has 0 radical (unpaired) electrons. The van der Waals surface area contributed by atoms with Crippen LogP contribution in [0.15, 0.2) is 78.9 Å². The maximum atomic E-state index is 13.5. The number of carbonyl (C=O) groups excluding carboxylic acids is 1. The Hall–Kier alpha value is -2.17. The van der Waals surface area contributed by atoms with E-state index in [9.17, 15) is 9.90 Å². The molecule has 5 heteroatoms. The van der Waals surface area contributed by atoms with Crippen LogP contribution in [0.5, 0.6) is 0 Å². The molecule has 0 amide bonds. The highest BCUT2D eigenvalue weighted by molar-refractivity contribution is 6.30. The molecule has 1 fully saturated rings. The molecular formula is C25H23Cl2NO2. The molecule has 0 spiro atoms. The van der Waals surface area contributed by atoms with Gasteiger partial charge in [-0.05, 0) is 53.9 Å². The molecule has 3 nitrogen and oxygen atoms in total. The summed E-state index contributed by atoms with van der Waals surface area (Å²) in [6, 6.07) is 24.2. The van der Waals surface area contributed by atoms with Crippen molar-refractivity contribution in [2.75, 3.05) is 13.1 Å². The molecule has 3 aromatic carbocycles. The van der Waals surface area contributed by atoms with Gasteiger partial charge in [0.1, 0.15) is 5.60 Å². The average Bonchev–Trinajstić information content (AvgIpc) is 2.76. The van der Waals surface area contributed by atoms with Gasteiger partial charge in [0, 0.05) is 35.2 Å². The Bertz CT molecular complexity index is 1010. The molecule has 1 aliphatic heterocycles. The topological polar surface area (TPSA) is 40.5 Å². The van der Waals surface area contributed by atoms with Gasteiger partial charge in [-0.1, -0.05) is 65.7 Å². The number of carbonyl (C=O) groups is 1. The van der Waals surface area contributed by atoms with Crippen molar-refractivity contribution in [3.8, 4) is 0 Å². The van der Waals surface area contributed by atoms with E-state index in [-0.39, 0.29) is 5.78 Å². The lowest BCUT2D eigenvalue weighted by Crippen LogP contribution is -2.52. The van der Waals surface area contributed by atoms with Crippen LogP contribution in [0.1, 0.15) is 27.9 Å². The van der Waals surface area contributed by atoms with Crippen LogP contribution in [0, 0.1) is 5.92 Å². The minimum atomic E-state index is -1.26. The van der Waals surface area contributed by atoms with Crippen LogP contribution in [-0.2, 0) is 12.1 Å². The molecule has 0 saturated carbocycles. The largest absolute Gasteiger partial charge is 0.384 e. The van der Waals surface area contributed by atoms with Gasteiger partial charge in [-0.3, -0.25) is 9.69 Å². The summed E-state index contributed by atoms with van der Waals surface area (Å²) in [7, 11) is 0. The van der Waals surface area contributed by atoms with E-state index in [0.29, 0.717) is 35.1 Å². The minimum absolute atomic E-state index is 0.0816. The number of aliphatic hydroxyl groups is 1. The smallest absolute Gasteiger partial charge is 0.170 e. The Kier molecular flexibility index (Phi) is 6.26. The molecule has 0 bridgehead atoms. The number of ketones is 1. The third-order valence-corrected chi connectivity index (χ3v) is 6.37. The van der Waals surface area contributed by atoms with E-state index in [0.717, 1.165) is 12.1 Å². The fourth-order valence-electron chi connectivity index (χ4n) is 4.19. The number of Topliss-reactive ketones (excluding diaryl/α,β-unsaturated/α-hetero) is 1. The maximum absolute atomic E-state index is 13.5. The number of halogens is 2. The number of rotatable bonds is 5. The van der Waals surface area contributed by atoms with Crippen molar-refractivity contribution < 1.29 is 9.90 Å². The Morgan fingerprint density at radius 3 is 2.17 bits per heavy atom. The van der Waals surface area contributed by atoms with Crippen molar-refractivity contribution in [2.45, 2.75) is 18.6 Å². The first-order valence-corrected chi connectivity index (χ1v) is 10.8. The highest BCUT2D eigenvalue weighted by atomic mass is 35.5. The van der Waals surface area contributed by atoms with Gasteiger partial charge in [-0.25, -0.2) is 0 Å². The van der Waals surface area contributed by atoms with Crippen LogP contribution in [0.25, 0.3) is 0 Å². The van der Waals surface area contributed by atoms with E-state index >= 15 is 0 Å². The molecule has 0 aliphatic carbocycles. The molecule has 154 valence electrons. The van der Waals surface area contributed by atoms with Gasteiger partial charge in [-0.15, -0.1) is 0 Å². The Morgan fingerprint density at radius 2 is 1.53 bits per heavy atom. The zero-order valence-electron chi connectivity index (χ0n) is 16.5. The summed E-state index contributed by atoms with van der Waals surface area (Å²) < 4.78 is 0. The van der Waals surface area contributed by atoms with Crippen molar-refractivity contribution in [3.63, 3.8) is 0 Å². The third-order valence-electron chi connectivity index (χ3n) is 5.86. The van der Waals surface area contributed by atoms with E-state index < -0.39 is 11.5 Å². The fraction of sp³-hybridized carbons (Fsp3) is 0.240. The molecule has 1 aliphatic rings. The zero-order valence-corrected chi connectivity index (χ0v) is 18.0.